The Morgan fingerprint density at radius 2 is 1.97 bits per heavy atom. The highest BCUT2D eigenvalue weighted by atomic mass is 16.5. The monoisotopic (exact) mass is 435 g/mol. The van der Waals surface area contributed by atoms with Gasteiger partial charge in [0.05, 0.1) is 12.3 Å². The number of aliphatic hydroxyl groups is 1. The zero-order chi connectivity index (χ0) is 22.4. The number of hydrogen-bond acceptors (Lipinski definition) is 7. The number of rotatable bonds is 8. The number of piperidine rings is 1. The molecule has 0 aromatic heterocycles. The van der Waals surface area contributed by atoms with Crippen LogP contribution in [-0.2, 0) is 16.0 Å². The molecule has 1 aromatic carbocycles. The predicted molar refractivity (Wildman–Crippen MR) is 114 cm³/mol. The summed E-state index contributed by atoms with van der Waals surface area (Å²) in [6, 6.07) is 5.26. The quantitative estimate of drug-likeness (QED) is 0.535. The second-order valence-corrected chi connectivity index (χ2v) is 8.64. The van der Waals surface area contributed by atoms with Gasteiger partial charge >= 0.3 is 6.09 Å². The molecule has 31 heavy (non-hydrogen) atoms. The number of carbonyl (C=O) groups excluding carboxylic acids is 2. The average Bonchev–Trinajstić information content (AvgIpc) is 2.75. The Labute approximate surface area is 182 Å². The number of anilines is 1. The van der Waals surface area contributed by atoms with Gasteiger partial charge in [-0.15, -0.1) is 0 Å². The van der Waals surface area contributed by atoms with Crippen LogP contribution in [0.1, 0.15) is 38.7 Å². The lowest BCUT2D eigenvalue weighted by molar-refractivity contribution is -0.124. The SMILES string of the molecule is CC(C)COC(=O)NC1CCN(CC(O)COc2cccc3c2CCC(=O)N3O)CC1. The number of benzene rings is 1. The number of ether oxygens (including phenoxy) is 2. The smallest absolute Gasteiger partial charge is 0.407 e. The average molecular weight is 436 g/mol. The molecule has 0 spiro atoms. The molecule has 1 atom stereocenters. The molecule has 1 fully saturated rings. The first-order valence-corrected chi connectivity index (χ1v) is 10.9. The molecule has 1 saturated heterocycles. The van der Waals surface area contributed by atoms with Crippen molar-refractivity contribution in [1.82, 2.24) is 10.2 Å². The molecule has 2 aliphatic heterocycles. The van der Waals surface area contributed by atoms with E-state index in [2.05, 4.69) is 10.2 Å². The molecule has 2 amide bonds. The van der Waals surface area contributed by atoms with E-state index in [-0.39, 0.29) is 31.1 Å². The minimum absolute atomic E-state index is 0.0873. The molecule has 1 unspecified atom stereocenters. The highest BCUT2D eigenvalue weighted by Gasteiger charge is 2.26. The van der Waals surface area contributed by atoms with E-state index in [4.69, 9.17) is 9.47 Å². The molecule has 0 bridgehead atoms. The van der Waals surface area contributed by atoms with Crippen LogP contribution in [0.25, 0.3) is 0 Å². The number of hydrogen-bond donors (Lipinski definition) is 3. The Kier molecular flexibility index (Phi) is 8.11. The Balaban J connectivity index is 1.40. The number of nitrogens with one attached hydrogen (secondary N) is 1. The lowest BCUT2D eigenvalue weighted by Gasteiger charge is -2.33. The van der Waals surface area contributed by atoms with E-state index < -0.39 is 6.10 Å². The number of amides is 2. The van der Waals surface area contributed by atoms with Crippen molar-refractivity contribution in [2.24, 2.45) is 5.92 Å². The molecule has 2 heterocycles. The van der Waals surface area contributed by atoms with Crippen molar-refractivity contribution in [1.29, 1.82) is 0 Å². The van der Waals surface area contributed by atoms with Gasteiger partial charge in [-0.2, -0.15) is 5.06 Å². The van der Waals surface area contributed by atoms with Crippen molar-refractivity contribution in [2.45, 2.75) is 51.7 Å². The number of β-amino-alcohol motifs (C(OH)–C–C–N with tert-alkyl or cyclic N) is 1. The van der Waals surface area contributed by atoms with E-state index >= 15 is 0 Å². The Morgan fingerprint density at radius 3 is 2.68 bits per heavy atom. The highest BCUT2D eigenvalue weighted by molar-refractivity contribution is 5.94. The third kappa shape index (κ3) is 6.56. The summed E-state index contributed by atoms with van der Waals surface area (Å²) in [5.74, 6) is 0.546. The van der Waals surface area contributed by atoms with Gasteiger partial charge in [0.25, 0.3) is 5.91 Å². The second kappa shape index (κ2) is 10.8. The van der Waals surface area contributed by atoms with Gasteiger partial charge in [0.1, 0.15) is 18.5 Å². The van der Waals surface area contributed by atoms with Crippen molar-refractivity contribution >= 4 is 17.7 Å². The lowest BCUT2D eigenvalue weighted by Crippen LogP contribution is -2.47. The summed E-state index contributed by atoms with van der Waals surface area (Å²) < 4.78 is 11.0. The summed E-state index contributed by atoms with van der Waals surface area (Å²) in [6.45, 7) is 6.54. The van der Waals surface area contributed by atoms with Crippen molar-refractivity contribution in [2.75, 3.05) is 37.9 Å². The first-order valence-electron chi connectivity index (χ1n) is 10.9. The van der Waals surface area contributed by atoms with E-state index in [0.29, 0.717) is 42.0 Å². The molecular weight excluding hydrogens is 402 g/mol. The van der Waals surface area contributed by atoms with Crippen LogP contribution in [0, 0.1) is 5.92 Å². The van der Waals surface area contributed by atoms with Crippen LogP contribution in [-0.4, -0.2) is 72.2 Å². The van der Waals surface area contributed by atoms with Crippen LogP contribution in [0.15, 0.2) is 18.2 Å². The number of carbonyl (C=O) groups is 2. The number of aliphatic hydroxyl groups excluding tert-OH is 1. The topological polar surface area (TPSA) is 112 Å². The molecule has 0 aliphatic carbocycles. The fraction of sp³-hybridized carbons (Fsp3) is 0.636. The van der Waals surface area contributed by atoms with Gasteiger partial charge < -0.3 is 24.8 Å². The molecule has 9 heteroatoms. The molecule has 172 valence electrons. The van der Waals surface area contributed by atoms with Gasteiger partial charge in [0.15, 0.2) is 0 Å². The predicted octanol–water partition coefficient (Wildman–Crippen LogP) is 1.94. The van der Waals surface area contributed by atoms with Crippen molar-refractivity contribution in [3.05, 3.63) is 23.8 Å². The maximum Gasteiger partial charge on any atom is 0.407 e. The number of alkyl carbamates (subject to hydrolysis) is 1. The van der Waals surface area contributed by atoms with E-state index in [9.17, 15) is 19.9 Å². The van der Waals surface area contributed by atoms with E-state index in [1.807, 2.05) is 13.8 Å². The first-order chi connectivity index (χ1) is 14.8. The number of nitrogens with zero attached hydrogens (tertiary/aromatic N) is 2. The summed E-state index contributed by atoms with van der Waals surface area (Å²) >= 11 is 0. The van der Waals surface area contributed by atoms with Gasteiger partial charge in [-0.25, -0.2) is 4.79 Å². The van der Waals surface area contributed by atoms with Gasteiger partial charge in [-0.3, -0.25) is 10.0 Å². The van der Waals surface area contributed by atoms with E-state index in [1.54, 1.807) is 18.2 Å². The maximum absolute atomic E-state index is 11.8. The lowest BCUT2D eigenvalue weighted by atomic mass is 10.0. The zero-order valence-electron chi connectivity index (χ0n) is 18.2. The third-order valence-corrected chi connectivity index (χ3v) is 5.52. The zero-order valence-corrected chi connectivity index (χ0v) is 18.2. The standard InChI is InChI=1S/C22H33N3O6/c1-15(2)13-31-22(28)23-16-8-10-24(11-9-16)12-17(26)14-30-20-5-3-4-19-18(20)6-7-21(27)25(19)29/h3-5,15-17,26,29H,6-14H2,1-2H3,(H,23,28). The van der Waals surface area contributed by atoms with Crippen molar-refractivity contribution < 1.29 is 29.4 Å². The molecule has 2 aliphatic rings. The summed E-state index contributed by atoms with van der Waals surface area (Å²) in [5.41, 5.74) is 1.21. The molecule has 1 aromatic rings. The summed E-state index contributed by atoms with van der Waals surface area (Å²) in [6.07, 6.45) is 1.29. The van der Waals surface area contributed by atoms with Crippen LogP contribution in [0.5, 0.6) is 5.75 Å². The van der Waals surface area contributed by atoms with Gasteiger partial charge in [-0.1, -0.05) is 19.9 Å². The molecular formula is C22H33N3O6. The Hall–Kier alpha value is -2.36. The van der Waals surface area contributed by atoms with Crippen LogP contribution in [0.4, 0.5) is 10.5 Å². The van der Waals surface area contributed by atoms with Crippen LogP contribution >= 0.6 is 0 Å². The van der Waals surface area contributed by atoms with Crippen LogP contribution in [0.2, 0.25) is 0 Å². The van der Waals surface area contributed by atoms with E-state index in [1.165, 1.54) is 0 Å². The number of fused-ring (bicyclic) bond motifs is 1. The second-order valence-electron chi connectivity index (χ2n) is 8.64. The first kappa shape index (κ1) is 23.3. The van der Waals surface area contributed by atoms with Gasteiger partial charge in [0, 0.05) is 37.7 Å². The normalized spacial score (nSPS) is 18.6. The minimum Gasteiger partial charge on any atom is -0.490 e. The minimum atomic E-state index is -0.674. The summed E-state index contributed by atoms with van der Waals surface area (Å²) in [7, 11) is 0. The molecule has 3 N–H and O–H groups in total. The van der Waals surface area contributed by atoms with Crippen molar-refractivity contribution in [3.63, 3.8) is 0 Å². The van der Waals surface area contributed by atoms with Crippen LogP contribution in [0.3, 0.4) is 0 Å². The van der Waals surface area contributed by atoms with Gasteiger partial charge in [-0.05, 0) is 37.3 Å². The Bertz CT molecular complexity index is 764. The molecule has 9 nitrogen and oxygen atoms in total. The fourth-order valence-corrected chi connectivity index (χ4v) is 3.86. The molecule has 0 saturated carbocycles. The third-order valence-electron chi connectivity index (χ3n) is 5.52. The summed E-state index contributed by atoms with van der Waals surface area (Å²) in [5, 5.41) is 23.9. The summed E-state index contributed by atoms with van der Waals surface area (Å²) in [4.78, 5) is 25.6. The molecule has 3 rings (SSSR count). The van der Waals surface area contributed by atoms with E-state index in [0.717, 1.165) is 31.5 Å². The maximum atomic E-state index is 11.8. The number of hydroxylamine groups is 1. The van der Waals surface area contributed by atoms with Crippen molar-refractivity contribution in [3.8, 4) is 5.75 Å². The molecule has 0 radical (unpaired) electrons. The van der Waals surface area contributed by atoms with Crippen LogP contribution < -0.4 is 15.1 Å². The number of likely N-dealkylation sites (tertiary alicyclic amines) is 1. The fourth-order valence-electron chi connectivity index (χ4n) is 3.86. The highest BCUT2D eigenvalue weighted by Crippen LogP contribution is 2.33. The van der Waals surface area contributed by atoms with Gasteiger partial charge in [0.2, 0.25) is 0 Å². The largest absolute Gasteiger partial charge is 0.490 e. The Morgan fingerprint density at radius 1 is 1.23 bits per heavy atom.